The van der Waals surface area contributed by atoms with Crippen LogP contribution in [-0.4, -0.2) is 44.3 Å². The Bertz CT molecular complexity index is 107. The van der Waals surface area contributed by atoms with Crippen LogP contribution < -0.4 is 5.73 Å². The second-order valence-electron chi connectivity index (χ2n) is 3.57. The number of rotatable bonds is 6. The molecule has 0 radical (unpaired) electrons. The zero-order chi connectivity index (χ0) is 9.56. The predicted octanol–water partition coefficient (Wildman–Crippen LogP) is 0.690. The van der Waals surface area contributed by atoms with Gasteiger partial charge in [-0.15, -0.1) is 0 Å². The van der Waals surface area contributed by atoms with Crippen LogP contribution in [0.1, 0.15) is 20.3 Å². The quantitative estimate of drug-likeness (QED) is 0.644. The number of ether oxygens (including phenoxy) is 1. The minimum absolute atomic E-state index is 0.234. The van der Waals surface area contributed by atoms with E-state index in [9.17, 15) is 0 Å². The fourth-order valence-corrected chi connectivity index (χ4v) is 0.941. The molecule has 0 saturated carbocycles. The zero-order valence-corrected chi connectivity index (χ0v) is 8.71. The van der Waals surface area contributed by atoms with Gasteiger partial charge in [-0.2, -0.15) is 0 Å². The molecule has 0 spiro atoms. The minimum atomic E-state index is 0.234. The maximum atomic E-state index is 5.88. The van der Waals surface area contributed by atoms with Crippen LogP contribution in [0, 0.1) is 0 Å². The van der Waals surface area contributed by atoms with E-state index in [0.29, 0.717) is 6.04 Å². The van der Waals surface area contributed by atoms with Crippen molar-refractivity contribution < 1.29 is 4.74 Å². The summed E-state index contributed by atoms with van der Waals surface area (Å²) < 4.78 is 4.96. The first-order chi connectivity index (χ1) is 5.57. The van der Waals surface area contributed by atoms with Gasteiger partial charge in [-0.25, -0.2) is 0 Å². The molecule has 0 aliphatic rings. The first-order valence-corrected chi connectivity index (χ1v) is 4.52. The maximum absolute atomic E-state index is 5.88. The standard InChI is InChI=1S/C9H22N2O/c1-8(2)11(3)7-9(10)5-6-12-4/h8-9H,5-7,10H2,1-4H3. The summed E-state index contributed by atoms with van der Waals surface area (Å²) in [5.74, 6) is 0. The van der Waals surface area contributed by atoms with Crippen molar-refractivity contribution in [3.8, 4) is 0 Å². The van der Waals surface area contributed by atoms with Crippen LogP contribution in [0.2, 0.25) is 0 Å². The summed E-state index contributed by atoms with van der Waals surface area (Å²) in [6.45, 7) is 6.04. The third kappa shape index (κ3) is 5.52. The van der Waals surface area contributed by atoms with Crippen LogP contribution in [-0.2, 0) is 4.74 Å². The first-order valence-electron chi connectivity index (χ1n) is 4.52. The highest BCUT2D eigenvalue weighted by atomic mass is 16.5. The Labute approximate surface area is 75.9 Å². The van der Waals surface area contributed by atoms with Crippen molar-refractivity contribution in [2.45, 2.75) is 32.4 Å². The Kier molecular flexibility index (Phi) is 6.34. The Morgan fingerprint density at radius 2 is 2.00 bits per heavy atom. The third-order valence-corrected chi connectivity index (χ3v) is 2.10. The van der Waals surface area contributed by atoms with E-state index in [4.69, 9.17) is 10.5 Å². The molecule has 3 nitrogen and oxygen atoms in total. The fraction of sp³-hybridized carbons (Fsp3) is 1.00. The molecular weight excluding hydrogens is 152 g/mol. The summed E-state index contributed by atoms with van der Waals surface area (Å²) in [5.41, 5.74) is 5.88. The lowest BCUT2D eigenvalue weighted by Gasteiger charge is -2.24. The number of nitrogens with two attached hydrogens (primary N) is 1. The zero-order valence-electron chi connectivity index (χ0n) is 8.71. The van der Waals surface area contributed by atoms with Gasteiger partial charge in [0.25, 0.3) is 0 Å². The molecule has 0 aromatic carbocycles. The van der Waals surface area contributed by atoms with E-state index in [1.54, 1.807) is 7.11 Å². The normalized spacial score (nSPS) is 14.2. The highest BCUT2D eigenvalue weighted by Gasteiger charge is 2.08. The Morgan fingerprint density at radius 1 is 1.42 bits per heavy atom. The number of nitrogens with zero attached hydrogens (tertiary/aromatic N) is 1. The lowest BCUT2D eigenvalue weighted by molar-refractivity contribution is 0.174. The monoisotopic (exact) mass is 174 g/mol. The lowest BCUT2D eigenvalue weighted by Crippen LogP contribution is -2.39. The number of hydrogen-bond donors (Lipinski definition) is 1. The molecule has 0 aromatic heterocycles. The smallest absolute Gasteiger partial charge is 0.0477 e. The van der Waals surface area contributed by atoms with Crippen LogP contribution in [0.5, 0.6) is 0 Å². The van der Waals surface area contributed by atoms with Gasteiger partial charge in [0.05, 0.1) is 0 Å². The van der Waals surface area contributed by atoms with Crippen molar-refractivity contribution in [2.24, 2.45) is 5.73 Å². The first kappa shape index (κ1) is 11.9. The van der Waals surface area contributed by atoms with Gasteiger partial charge in [-0.05, 0) is 27.3 Å². The Hall–Kier alpha value is -0.120. The molecular formula is C9H22N2O. The van der Waals surface area contributed by atoms with Gasteiger partial charge in [0.1, 0.15) is 0 Å². The van der Waals surface area contributed by atoms with Crippen LogP contribution in [0.15, 0.2) is 0 Å². The van der Waals surface area contributed by atoms with Crippen molar-refractivity contribution in [1.82, 2.24) is 4.90 Å². The molecule has 12 heavy (non-hydrogen) atoms. The number of methoxy groups -OCH3 is 1. The second kappa shape index (κ2) is 6.40. The fourth-order valence-electron chi connectivity index (χ4n) is 0.941. The van der Waals surface area contributed by atoms with E-state index in [0.717, 1.165) is 19.6 Å². The van der Waals surface area contributed by atoms with Crippen molar-refractivity contribution in [2.75, 3.05) is 27.3 Å². The number of hydrogen-bond acceptors (Lipinski definition) is 3. The molecule has 0 rings (SSSR count). The lowest BCUT2D eigenvalue weighted by atomic mass is 10.2. The van der Waals surface area contributed by atoms with E-state index < -0.39 is 0 Å². The maximum Gasteiger partial charge on any atom is 0.0477 e. The molecule has 0 amide bonds. The Morgan fingerprint density at radius 3 is 2.42 bits per heavy atom. The van der Waals surface area contributed by atoms with E-state index in [1.165, 1.54) is 0 Å². The van der Waals surface area contributed by atoms with Gasteiger partial charge in [0.15, 0.2) is 0 Å². The van der Waals surface area contributed by atoms with Gasteiger partial charge < -0.3 is 15.4 Å². The molecule has 1 atom stereocenters. The van der Waals surface area contributed by atoms with Gasteiger partial charge >= 0.3 is 0 Å². The molecule has 0 fully saturated rings. The van der Waals surface area contributed by atoms with Crippen molar-refractivity contribution in [1.29, 1.82) is 0 Å². The van der Waals surface area contributed by atoms with E-state index >= 15 is 0 Å². The van der Waals surface area contributed by atoms with Crippen LogP contribution >= 0.6 is 0 Å². The highest BCUT2D eigenvalue weighted by Crippen LogP contribution is 1.97. The molecule has 0 aliphatic carbocycles. The summed E-state index contributed by atoms with van der Waals surface area (Å²) in [6, 6.07) is 0.802. The van der Waals surface area contributed by atoms with Crippen molar-refractivity contribution in [3.05, 3.63) is 0 Å². The van der Waals surface area contributed by atoms with E-state index in [-0.39, 0.29) is 6.04 Å². The topological polar surface area (TPSA) is 38.5 Å². The SMILES string of the molecule is COCCC(N)CN(C)C(C)C. The Balaban J connectivity index is 3.47. The molecule has 0 aliphatic heterocycles. The highest BCUT2D eigenvalue weighted by molar-refractivity contribution is 4.67. The van der Waals surface area contributed by atoms with E-state index in [2.05, 4.69) is 25.8 Å². The van der Waals surface area contributed by atoms with Crippen molar-refractivity contribution >= 4 is 0 Å². The molecule has 1 unspecified atom stereocenters. The molecule has 0 aromatic rings. The van der Waals surface area contributed by atoms with Crippen LogP contribution in [0.4, 0.5) is 0 Å². The summed E-state index contributed by atoms with van der Waals surface area (Å²) in [6.07, 6.45) is 0.938. The molecule has 0 saturated heterocycles. The van der Waals surface area contributed by atoms with Crippen LogP contribution in [0.25, 0.3) is 0 Å². The van der Waals surface area contributed by atoms with Gasteiger partial charge in [0, 0.05) is 32.3 Å². The predicted molar refractivity (Wildman–Crippen MR) is 52.2 cm³/mol. The molecule has 0 bridgehead atoms. The van der Waals surface area contributed by atoms with Gasteiger partial charge in [-0.1, -0.05) is 0 Å². The minimum Gasteiger partial charge on any atom is -0.385 e. The van der Waals surface area contributed by atoms with Gasteiger partial charge in [-0.3, -0.25) is 0 Å². The van der Waals surface area contributed by atoms with Crippen LogP contribution in [0.3, 0.4) is 0 Å². The van der Waals surface area contributed by atoms with Crippen molar-refractivity contribution in [3.63, 3.8) is 0 Å². The molecule has 74 valence electrons. The van der Waals surface area contributed by atoms with E-state index in [1.807, 2.05) is 0 Å². The average molecular weight is 174 g/mol. The second-order valence-corrected chi connectivity index (χ2v) is 3.57. The summed E-state index contributed by atoms with van der Waals surface area (Å²) in [5, 5.41) is 0. The van der Waals surface area contributed by atoms with Gasteiger partial charge in [0.2, 0.25) is 0 Å². The summed E-state index contributed by atoms with van der Waals surface area (Å²) >= 11 is 0. The largest absolute Gasteiger partial charge is 0.385 e. The molecule has 0 heterocycles. The summed E-state index contributed by atoms with van der Waals surface area (Å²) in [4.78, 5) is 2.25. The third-order valence-electron chi connectivity index (χ3n) is 2.10. The number of likely N-dealkylation sites (N-methyl/N-ethyl adjacent to an activating group) is 1. The average Bonchev–Trinajstić information content (AvgIpc) is 2.00. The summed E-state index contributed by atoms with van der Waals surface area (Å²) in [7, 11) is 3.80. The molecule has 3 heteroatoms. The molecule has 2 N–H and O–H groups in total.